The minimum absolute atomic E-state index is 1.00. The van der Waals surface area contributed by atoms with E-state index in [1.54, 1.807) is 0 Å². The van der Waals surface area contributed by atoms with Crippen LogP contribution in [-0.2, 0) is 0 Å². The largest absolute Gasteiger partial charge is 0.142 e. The second-order valence-electron chi connectivity index (χ2n) is 8.72. The van der Waals surface area contributed by atoms with E-state index in [0.29, 0.717) is 0 Å². The summed E-state index contributed by atoms with van der Waals surface area (Å²) in [6.45, 7) is 4.54. The van der Waals surface area contributed by atoms with Crippen LogP contribution in [0.5, 0.6) is 0 Å². The Morgan fingerprint density at radius 1 is 0.562 bits per heavy atom. The lowest BCUT2D eigenvalue weighted by molar-refractivity contribution is 0.614. The molecule has 3 aromatic rings. The van der Waals surface area contributed by atoms with Crippen LogP contribution in [0.4, 0.5) is 0 Å². The molecule has 0 N–H and O–H groups in total. The van der Waals surface area contributed by atoms with E-state index in [2.05, 4.69) is 60.4 Å². The lowest BCUT2D eigenvalue weighted by atomic mass is 10.0. The third kappa shape index (κ3) is 7.13. The molecule has 3 rings (SSSR count). The molecule has 0 aliphatic rings. The van der Waals surface area contributed by atoms with Crippen LogP contribution in [0.2, 0.25) is 0 Å². The Hall–Kier alpha value is -1.74. The molecule has 170 valence electrons. The van der Waals surface area contributed by atoms with Gasteiger partial charge < -0.3 is 0 Å². The fourth-order valence-corrected chi connectivity index (χ4v) is 6.01. The van der Waals surface area contributed by atoms with Crippen molar-refractivity contribution in [2.24, 2.45) is 0 Å². The average Bonchev–Trinajstić information content (AvgIpc) is 3.48. The summed E-state index contributed by atoms with van der Waals surface area (Å²) in [5.74, 6) is 14.1. The topological polar surface area (TPSA) is 0 Å². The Morgan fingerprint density at radius 3 is 1.41 bits per heavy atom. The number of unbranched alkanes of at least 4 members (excludes halogenated alkanes) is 12. The summed E-state index contributed by atoms with van der Waals surface area (Å²) in [6.07, 6.45) is 17.9. The van der Waals surface area contributed by atoms with Gasteiger partial charge >= 0.3 is 0 Å². The molecular formula is C30H38S2. The molecule has 2 heterocycles. The fourth-order valence-electron chi connectivity index (χ4n) is 4.18. The van der Waals surface area contributed by atoms with Crippen molar-refractivity contribution < 1.29 is 0 Å². The molecule has 0 spiro atoms. The Balaban J connectivity index is 1.68. The highest BCUT2D eigenvalue weighted by molar-refractivity contribution is 7.19. The van der Waals surface area contributed by atoms with Crippen LogP contribution in [0.15, 0.2) is 22.9 Å². The smallest absolute Gasteiger partial charge is 0.0518 e. The summed E-state index contributed by atoms with van der Waals surface area (Å²) in [5.41, 5.74) is 2.44. The van der Waals surface area contributed by atoms with E-state index in [4.69, 9.17) is 0 Å². The molecule has 0 nitrogen and oxygen atoms in total. The van der Waals surface area contributed by atoms with Crippen LogP contribution >= 0.6 is 22.7 Å². The lowest BCUT2D eigenvalue weighted by Crippen LogP contribution is -1.84. The maximum absolute atomic E-state index is 3.55. The maximum Gasteiger partial charge on any atom is 0.0518 e. The summed E-state index contributed by atoms with van der Waals surface area (Å²) in [4.78, 5) is 0. The first-order chi connectivity index (χ1) is 15.9. The number of fused-ring (bicyclic) bond motifs is 2. The van der Waals surface area contributed by atoms with Gasteiger partial charge in [-0.05, 0) is 35.7 Å². The van der Waals surface area contributed by atoms with Crippen molar-refractivity contribution in [2.75, 3.05) is 0 Å². The summed E-state index contributed by atoms with van der Waals surface area (Å²) in [6, 6.07) is 4.49. The van der Waals surface area contributed by atoms with Crippen molar-refractivity contribution in [3.63, 3.8) is 0 Å². The van der Waals surface area contributed by atoms with Crippen molar-refractivity contribution in [3.8, 4) is 23.7 Å². The minimum atomic E-state index is 1.00. The van der Waals surface area contributed by atoms with Gasteiger partial charge in [-0.25, -0.2) is 0 Å². The zero-order valence-corrected chi connectivity index (χ0v) is 21.7. The lowest BCUT2D eigenvalue weighted by Gasteiger charge is -2.03. The highest BCUT2D eigenvalue weighted by Gasteiger charge is 2.13. The van der Waals surface area contributed by atoms with Crippen LogP contribution in [-0.4, -0.2) is 0 Å². The Morgan fingerprint density at radius 2 is 0.969 bits per heavy atom. The first kappa shape index (κ1) is 24.9. The molecule has 0 saturated heterocycles. The average molecular weight is 463 g/mol. The van der Waals surface area contributed by atoms with Gasteiger partial charge in [0.15, 0.2) is 0 Å². The summed E-state index contributed by atoms with van der Waals surface area (Å²) >= 11 is 3.63. The molecule has 0 aliphatic heterocycles. The third-order valence-electron chi connectivity index (χ3n) is 6.06. The van der Waals surface area contributed by atoms with Crippen molar-refractivity contribution in [1.29, 1.82) is 0 Å². The van der Waals surface area contributed by atoms with Gasteiger partial charge in [-0.2, -0.15) is 0 Å². The van der Waals surface area contributed by atoms with E-state index >= 15 is 0 Å². The SMILES string of the molecule is CCCCCCCCC#Cc1c2ccsc2c(C#CCCCCCCCC)c2ccsc12. The molecule has 0 aliphatic carbocycles. The molecule has 0 radical (unpaired) electrons. The Bertz CT molecular complexity index is 940. The Labute approximate surface area is 203 Å². The van der Waals surface area contributed by atoms with E-state index in [1.165, 1.54) is 108 Å². The molecule has 0 atom stereocenters. The molecule has 0 unspecified atom stereocenters. The molecular weight excluding hydrogens is 424 g/mol. The number of rotatable bonds is 12. The van der Waals surface area contributed by atoms with Crippen LogP contribution in [0.1, 0.15) is 115 Å². The third-order valence-corrected chi connectivity index (χ3v) is 7.92. The normalized spacial score (nSPS) is 10.8. The second-order valence-corrected chi connectivity index (χ2v) is 10.5. The minimum Gasteiger partial charge on any atom is -0.142 e. The van der Waals surface area contributed by atoms with Crippen molar-refractivity contribution >= 4 is 42.8 Å². The van der Waals surface area contributed by atoms with E-state index < -0.39 is 0 Å². The van der Waals surface area contributed by atoms with E-state index in [-0.39, 0.29) is 0 Å². The highest BCUT2D eigenvalue weighted by Crippen LogP contribution is 2.38. The predicted octanol–water partition coefficient (Wildman–Crippen LogP) is 10.3. The molecule has 0 amide bonds. The van der Waals surface area contributed by atoms with Gasteiger partial charge in [0.2, 0.25) is 0 Å². The van der Waals surface area contributed by atoms with Gasteiger partial charge in [0.1, 0.15) is 0 Å². The molecule has 0 saturated carbocycles. The molecule has 32 heavy (non-hydrogen) atoms. The van der Waals surface area contributed by atoms with Gasteiger partial charge in [0.25, 0.3) is 0 Å². The standard InChI is InChI=1S/C30H38S2/c1-3-5-7-9-11-13-15-17-19-25-27-21-23-32-30(27)26(28-22-24-31-29(25)28)20-18-16-14-12-10-8-6-4-2/h21-24H,3-16H2,1-2H3. The van der Waals surface area contributed by atoms with E-state index in [0.717, 1.165) is 12.8 Å². The van der Waals surface area contributed by atoms with Gasteiger partial charge in [-0.3, -0.25) is 0 Å². The van der Waals surface area contributed by atoms with Crippen molar-refractivity contribution in [1.82, 2.24) is 0 Å². The van der Waals surface area contributed by atoms with Crippen LogP contribution in [0, 0.1) is 23.7 Å². The molecule has 2 heteroatoms. The first-order valence-corrected chi connectivity index (χ1v) is 14.5. The van der Waals surface area contributed by atoms with Crippen molar-refractivity contribution in [3.05, 3.63) is 34.0 Å². The van der Waals surface area contributed by atoms with E-state index in [9.17, 15) is 0 Å². The van der Waals surface area contributed by atoms with E-state index in [1.807, 2.05) is 22.7 Å². The molecule has 0 fully saturated rings. The van der Waals surface area contributed by atoms with Crippen LogP contribution < -0.4 is 0 Å². The predicted molar refractivity (Wildman–Crippen MR) is 147 cm³/mol. The number of hydrogen-bond acceptors (Lipinski definition) is 2. The summed E-state index contributed by atoms with van der Waals surface area (Å²) in [7, 11) is 0. The number of thiophene rings is 2. The van der Waals surface area contributed by atoms with Gasteiger partial charge in [0, 0.05) is 23.6 Å². The monoisotopic (exact) mass is 462 g/mol. The Kier molecular flexibility index (Phi) is 11.2. The fraction of sp³-hybridized carbons (Fsp3) is 0.533. The van der Waals surface area contributed by atoms with Gasteiger partial charge in [-0.15, -0.1) is 22.7 Å². The van der Waals surface area contributed by atoms with Crippen LogP contribution in [0.25, 0.3) is 20.2 Å². The maximum atomic E-state index is 3.55. The summed E-state index contributed by atoms with van der Waals surface area (Å²) in [5, 5.41) is 6.99. The zero-order valence-electron chi connectivity index (χ0n) is 20.0. The zero-order chi connectivity index (χ0) is 22.4. The van der Waals surface area contributed by atoms with Crippen LogP contribution in [0.3, 0.4) is 0 Å². The first-order valence-electron chi connectivity index (χ1n) is 12.7. The molecule has 1 aromatic carbocycles. The quantitative estimate of drug-likeness (QED) is 0.185. The van der Waals surface area contributed by atoms with Crippen molar-refractivity contribution in [2.45, 2.75) is 104 Å². The number of benzene rings is 1. The molecule has 2 aromatic heterocycles. The summed E-state index contributed by atoms with van der Waals surface area (Å²) < 4.78 is 2.63. The van der Waals surface area contributed by atoms with Gasteiger partial charge in [-0.1, -0.05) is 102 Å². The highest BCUT2D eigenvalue weighted by atomic mass is 32.1. The number of hydrogen-bond donors (Lipinski definition) is 0. The molecule has 0 bridgehead atoms. The van der Waals surface area contributed by atoms with Gasteiger partial charge in [0.05, 0.1) is 20.5 Å². The second kappa shape index (κ2) is 14.4.